The molecule has 0 aromatic carbocycles. The van der Waals surface area contributed by atoms with Crippen LogP contribution in [0.5, 0.6) is 0 Å². The first-order valence-corrected chi connectivity index (χ1v) is 10.3. The number of hydrogen-bond acceptors (Lipinski definition) is 8. The predicted molar refractivity (Wildman–Crippen MR) is 80.9 cm³/mol. The van der Waals surface area contributed by atoms with Gasteiger partial charge in [0, 0.05) is 25.3 Å². The first-order valence-electron chi connectivity index (χ1n) is 6.42. The van der Waals surface area contributed by atoms with Crippen molar-refractivity contribution in [3.8, 4) is 0 Å². The average Bonchev–Trinajstić information content (AvgIpc) is 2.93. The maximum absolute atomic E-state index is 12.5. The van der Waals surface area contributed by atoms with Gasteiger partial charge < -0.3 is 15.2 Å². The summed E-state index contributed by atoms with van der Waals surface area (Å²) in [7, 11) is -6.06. The molecular formula is C11H18N2O6S3. The molecule has 0 fully saturated rings. The Morgan fingerprint density at radius 3 is 2.55 bits per heavy atom. The van der Waals surface area contributed by atoms with Crippen molar-refractivity contribution < 1.29 is 26.3 Å². The van der Waals surface area contributed by atoms with E-state index in [-0.39, 0.29) is 21.4 Å². The van der Waals surface area contributed by atoms with Crippen LogP contribution in [-0.2, 0) is 29.3 Å². The van der Waals surface area contributed by atoms with Crippen LogP contribution in [0, 0.1) is 0 Å². The molecule has 1 aliphatic heterocycles. The molecule has 2 heterocycles. The fraction of sp³-hybridized carbons (Fsp3) is 0.636. The minimum Gasteiger partial charge on any atom is -0.382 e. The lowest BCUT2D eigenvalue weighted by molar-refractivity contribution is 0.0686. The molecular weight excluding hydrogens is 352 g/mol. The Morgan fingerprint density at radius 2 is 2.00 bits per heavy atom. The standard InChI is InChI=1S/C11H18N2O6S3/c1-18-4-5-19-3-2-8-10(12)7-6-9(22(13,16)17)20-11(7)21(8,14)15/h6,8,10H,2-5,12H2,1H3,(H2,13,16,17). The SMILES string of the molecule is COCCOCCC1C(N)c2cc(S(N)(=O)=O)sc2S1(=O)=O. The van der Waals surface area contributed by atoms with Gasteiger partial charge in [-0.15, -0.1) is 11.3 Å². The highest BCUT2D eigenvalue weighted by Gasteiger charge is 2.45. The van der Waals surface area contributed by atoms with Crippen molar-refractivity contribution >= 4 is 31.2 Å². The van der Waals surface area contributed by atoms with E-state index in [1.54, 1.807) is 7.11 Å². The maximum Gasteiger partial charge on any atom is 0.247 e. The summed E-state index contributed by atoms with van der Waals surface area (Å²) in [6.45, 7) is 1.03. The minimum atomic E-state index is -3.94. The number of primary sulfonamides is 1. The lowest BCUT2D eigenvalue weighted by Crippen LogP contribution is -2.28. The largest absolute Gasteiger partial charge is 0.382 e. The third kappa shape index (κ3) is 3.35. The van der Waals surface area contributed by atoms with Gasteiger partial charge in [-0.1, -0.05) is 0 Å². The summed E-state index contributed by atoms with van der Waals surface area (Å²) in [5.74, 6) is 0. The lowest BCUT2D eigenvalue weighted by Gasteiger charge is -2.15. The van der Waals surface area contributed by atoms with Crippen LogP contribution >= 0.6 is 11.3 Å². The number of sulfone groups is 1. The van der Waals surface area contributed by atoms with Crippen LogP contribution < -0.4 is 10.9 Å². The molecule has 8 nitrogen and oxygen atoms in total. The molecule has 0 radical (unpaired) electrons. The van der Waals surface area contributed by atoms with Gasteiger partial charge in [-0.3, -0.25) is 0 Å². The number of fused-ring (bicyclic) bond motifs is 1. The van der Waals surface area contributed by atoms with Gasteiger partial charge in [0.15, 0.2) is 9.84 Å². The van der Waals surface area contributed by atoms with Crippen LogP contribution in [0.15, 0.2) is 14.5 Å². The van der Waals surface area contributed by atoms with Crippen LogP contribution in [0.4, 0.5) is 0 Å². The Balaban J connectivity index is 2.16. The maximum atomic E-state index is 12.5. The van der Waals surface area contributed by atoms with Gasteiger partial charge in [-0.2, -0.15) is 0 Å². The number of rotatable bonds is 7. The second-order valence-corrected chi connectivity index (χ2v) is 10.1. The van der Waals surface area contributed by atoms with Crippen molar-refractivity contribution in [1.29, 1.82) is 0 Å². The normalized spacial score (nSPS) is 23.6. The summed E-state index contributed by atoms with van der Waals surface area (Å²) < 4.78 is 57.5. The zero-order valence-electron chi connectivity index (χ0n) is 11.9. The van der Waals surface area contributed by atoms with E-state index >= 15 is 0 Å². The number of nitrogens with two attached hydrogens (primary N) is 2. The molecule has 22 heavy (non-hydrogen) atoms. The Bertz CT molecular complexity index is 740. The number of thiophene rings is 1. The Morgan fingerprint density at radius 1 is 1.32 bits per heavy atom. The molecule has 2 unspecified atom stereocenters. The number of ether oxygens (including phenoxy) is 2. The summed E-state index contributed by atoms with van der Waals surface area (Å²) in [6, 6.07) is 0.473. The van der Waals surface area contributed by atoms with Gasteiger partial charge in [-0.05, 0) is 12.5 Å². The van der Waals surface area contributed by atoms with Crippen molar-refractivity contribution in [2.24, 2.45) is 10.9 Å². The molecule has 0 spiro atoms. The quantitative estimate of drug-likeness (QED) is 0.623. The summed E-state index contributed by atoms with van der Waals surface area (Å²) in [5.41, 5.74) is 6.29. The monoisotopic (exact) mass is 370 g/mol. The first-order chi connectivity index (χ1) is 10.2. The minimum absolute atomic E-state index is 0.00841. The van der Waals surface area contributed by atoms with Crippen molar-refractivity contribution in [3.05, 3.63) is 11.6 Å². The fourth-order valence-electron chi connectivity index (χ4n) is 2.27. The van der Waals surface area contributed by atoms with E-state index < -0.39 is 31.2 Å². The van der Waals surface area contributed by atoms with E-state index in [4.69, 9.17) is 20.3 Å². The zero-order chi connectivity index (χ0) is 16.5. The second-order valence-electron chi connectivity index (χ2n) is 4.86. The molecule has 126 valence electrons. The number of sulfonamides is 1. The first kappa shape index (κ1) is 17.8. The molecule has 0 saturated carbocycles. The molecule has 2 rings (SSSR count). The van der Waals surface area contributed by atoms with Crippen LogP contribution in [0.1, 0.15) is 18.0 Å². The third-order valence-electron chi connectivity index (χ3n) is 3.38. The molecule has 4 N–H and O–H groups in total. The molecule has 0 bridgehead atoms. The highest BCUT2D eigenvalue weighted by Crippen LogP contribution is 2.45. The molecule has 0 aliphatic carbocycles. The topological polar surface area (TPSA) is 139 Å². The number of methoxy groups -OCH3 is 1. The summed E-state index contributed by atoms with van der Waals surface area (Å²) in [6.07, 6.45) is 0.235. The molecule has 0 saturated heterocycles. The smallest absolute Gasteiger partial charge is 0.247 e. The summed E-state index contributed by atoms with van der Waals surface area (Å²) >= 11 is 0.649. The van der Waals surface area contributed by atoms with Crippen molar-refractivity contribution in [2.45, 2.75) is 26.1 Å². The van der Waals surface area contributed by atoms with E-state index in [1.807, 2.05) is 0 Å². The highest BCUT2D eigenvalue weighted by molar-refractivity contribution is 7.95. The van der Waals surface area contributed by atoms with Gasteiger partial charge in [0.1, 0.15) is 8.42 Å². The van der Waals surface area contributed by atoms with E-state index in [0.29, 0.717) is 30.1 Å². The fourth-order valence-corrected chi connectivity index (χ4v) is 6.96. The second kappa shape index (κ2) is 6.51. The Kier molecular flexibility index (Phi) is 5.27. The third-order valence-corrected chi connectivity index (χ3v) is 8.77. The van der Waals surface area contributed by atoms with E-state index in [9.17, 15) is 16.8 Å². The average molecular weight is 370 g/mol. The van der Waals surface area contributed by atoms with Crippen LogP contribution in [0.2, 0.25) is 0 Å². The lowest BCUT2D eigenvalue weighted by atomic mass is 10.1. The van der Waals surface area contributed by atoms with E-state index in [1.165, 1.54) is 6.07 Å². The molecule has 1 aliphatic rings. The summed E-state index contributed by atoms with van der Waals surface area (Å²) in [5, 5.41) is 4.21. The van der Waals surface area contributed by atoms with Crippen LogP contribution in [-0.4, -0.2) is 49.0 Å². The molecule has 1 aromatic heterocycles. The van der Waals surface area contributed by atoms with E-state index in [0.717, 1.165) is 0 Å². The zero-order valence-corrected chi connectivity index (χ0v) is 14.3. The van der Waals surface area contributed by atoms with Gasteiger partial charge in [-0.25, -0.2) is 22.0 Å². The van der Waals surface area contributed by atoms with Crippen LogP contribution in [0.25, 0.3) is 0 Å². The molecule has 11 heteroatoms. The van der Waals surface area contributed by atoms with Gasteiger partial charge in [0.05, 0.1) is 18.5 Å². The predicted octanol–water partition coefficient (Wildman–Crippen LogP) is -0.396. The van der Waals surface area contributed by atoms with Crippen LogP contribution in [0.3, 0.4) is 0 Å². The number of hydrogen-bond donors (Lipinski definition) is 2. The Labute approximate surface area is 133 Å². The Hall–Kier alpha value is -0.560. The van der Waals surface area contributed by atoms with Crippen molar-refractivity contribution in [3.63, 3.8) is 0 Å². The van der Waals surface area contributed by atoms with Gasteiger partial charge >= 0.3 is 0 Å². The highest BCUT2D eigenvalue weighted by atomic mass is 32.3. The van der Waals surface area contributed by atoms with E-state index in [2.05, 4.69) is 0 Å². The van der Waals surface area contributed by atoms with Crippen molar-refractivity contribution in [2.75, 3.05) is 26.9 Å². The van der Waals surface area contributed by atoms with Crippen molar-refractivity contribution in [1.82, 2.24) is 0 Å². The summed E-state index contributed by atoms with van der Waals surface area (Å²) in [4.78, 5) is 0. The molecule has 0 amide bonds. The molecule has 2 atom stereocenters. The van der Waals surface area contributed by atoms with Gasteiger partial charge in [0.2, 0.25) is 10.0 Å². The van der Waals surface area contributed by atoms with Gasteiger partial charge in [0.25, 0.3) is 0 Å². The molecule has 1 aromatic rings.